The maximum Gasteiger partial charge on any atom is 0.265 e. The summed E-state index contributed by atoms with van der Waals surface area (Å²) in [4.78, 5) is 23.9. The van der Waals surface area contributed by atoms with E-state index in [0.717, 1.165) is 11.1 Å². The minimum Gasteiger partial charge on any atom is -0.479 e. The van der Waals surface area contributed by atoms with Crippen LogP contribution in [-0.2, 0) is 11.3 Å². The Labute approximate surface area is 134 Å². The van der Waals surface area contributed by atoms with Crippen molar-refractivity contribution in [3.63, 3.8) is 0 Å². The van der Waals surface area contributed by atoms with Crippen molar-refractivity contribution >= 4 is 17.5 Å². The molecule has 0 spiro atoms. The van der Waals surface area contributed by atoms with E-state index in [9.17, 15) is 9.59 Å². The number of carbonyl (C=O) groups is 2. The van der Waals surface area contributed by atoms with Crippen molar-refractivity contribution in [2.24, 2.45) is 0 Å². The Morgan fingerprint density at radius 3 is 2.83 bits per heavy atom. The third kappa shape index (κ3) is 3.18. The van der Waals surface area contributed by atoms with E-state index in [1.807, 2.05) is 31.2 Å². The number of carbonyl (C=O) groups excluding carboxylic acids is 2. The highest BCUT2D eigenvalue weighted by molar-refractivity contribution is 6.00. The van der Waals surface area contributed by atoms with Crippen molar-refractivity contribution in [1.29, 1.82) is 0 Å². The van der Waals surface area contributed by atoms with Crippen molar-refractivity contribution in [3.05, 3.63) is 59.2 Å². The van der Waals surface area contributed by atoms with E-state index in [-0.39, 0.29) is 11.8 Å². The number of nitrogens with one attached hydrogen (secondary N) is 2. The summed E-state index contributed by atoms with van der Waals surface area (Å²) in [5.74, 6) is 0.152. The first kappa shape index (κ1) is 15.1. The van der Waals surface area contributed by atoms with E-state index in [1.54, 1.807) is 25.1 Å². The van der Waals surface area contributed by atoms with Crippen LogP contribution in [0.4, 0.5) is 5.69 Å². The van der Waals surface area contributed by atoms with Crippen LogP contribution >= 0.6 is 0 Å². The molecule has 0 fully saturated rings. The zero-order valence-electron chi connectivity index (χ0n) is 13.1. The van der Waals surface area contributed by atoms with E-state index in [4.69, 9.17) is 4.74 Å². The van der Waals surface area contributed by atoms with Crippen LogP contribution in [-0.4, -0.2) is 17.9 Å². The summed E-state index contributed by atoms with van der Waals surface area (Å²) in [6, 6.07) is 12.9. The van der Waals surface area contributed by atoms with E-state index < -0.39 is 6.10 Å². The Morgan fingerprint density at radius 2 is 2.04 bits per heavy atom. The number of amides is 2. The Kier molecular flexibility index (Phi) is 4.02. The molecule has 0 saturated carbocycles. The molecule has 2 aromatic rings. The molecule has 1 aliphatic heterocycles. The van der Waals surface area contributed by atoms with Crippen molar-refractivity contribution in [1.82, 2.24) is 5.32 Å². The lowest BCUT2D eigenvalue weighted by Crippen LogP contribution is -2.34. The van der Waals surface area contributed by atoms with Gasteiger partial charge in [0.2, 0.25) is 0 Å². The standard InChI is InChI=1S/C18H18N2O3/c1-11-5-3-4-6-14(11)10-19-18(22)13-7-8-15-16(9-13)23-12(2)17(21)20-15/h3-9,12H,10H2,1-2H3,(H,19,22)(H,20,21). The van der Waals surface area contributed by atoms with Gasteiger partial charge in [0.25, 0.3) is 11.8 Å². The molecule has 2 aromatic carbocycles. The second-order valence-corrected chi connectivity index (χ2v) is 5.57. The number of ether oxygens (including phenoxy) is 1. The topological polar surface area (TPSA) is 67.4 Å². The Hall–Kier alpha value is -2.82. The largest absolute Gasteiger partial charge is 0.479 e. The Bertz CT molecular complexity index is 771. The molecule has 118 valence electrons. The smallest absolute Gasteiger partial charge is 0.265 e. The fraction of sp³-hybridized carbons (Fsp3) is 0.222. The highest BCUT2D eigenvalue weighted by atomic mass is 16.5. The summed E-state index contributed by atoms with van der Waals surface area (Å²) < 4.78 is 5.52. The lowest BCUT2D eigenvalue weighted by Gasteiger charge is -2.23. The molecule has 5 nitrogen and oxygen atoms in total. The number of fused-ring (bicyclic) bond motifs is 1. The van der Waals surface area contributed by atoms with Gasteiger partial charge >= 0.3 is 0 Å². The first-order valence-corrected chi connectivity index (χ1v) is 7.49. The summed E-state index contributed by atoms with van der Waals surface area (Å²) in [6.45, 7) is 4.15. The van der Waals surface area contributed by atoms with Crippen molar-refractivity contribution in [2.45, 2.75) is 26.5 Å². The summed E-state index contributed by atoms with van der Waals surface area (Å²) in [5, 5.41) is 5.65. The Balaban J connectivity index is 1.72. The molecule has 2 amide bonds. The number of anilines is 1. The van der Waals surface area contributed by atoms with Gasteiger partial charge in [-0.25, -0.2) is 0 Å². The van der Waals surface area contributed by atoms with Gasteiger partial charge in [-0.15, -0.1) is 0 Å². The number of benzene rings is 2. The minimum absolute atomic E-state index is 0.177. The molecule has 2 N–H and O–H groups in total. The summed E-state index contributed by atoms with van der Waals surface area (Å²) in [5.41, 5.74) is 3.30. The van der Waals surface area contributed by atoms with E-state index in [1.165, 1.54) is 0 Å². The van der Waals surface area contributed by atoms with Crippen LogP contribution in [0.15, 0.2) is 42.5 Å². The maximum atomic E-state index is 12.3. The molecule has 0 radical (unpaired) electrons. The fourth-order valence-electron chi connectivity index (χ4n) is 2.43. The van der Waals surface area contributed by atoms with Crippen LogP contribution < -0.4 is 15.4 Å². The summed E-state index contributed by atoms with van der Waals surface area (Å²) in [6.07, 6.45) is -0.562. The van der Waals surface area contributed by atoms with Crippen LogP contribution in [0, 0.1) is 6.92 Å². The average molecular weight is 310 g/mol. The molecule has 0 bridgehead atoms. The quantitative estimate of drug-likeness (QED) is 0.916. The minimum atomic E-state index is -0.562. The molecule has 5 heteroatoms. The fourth-order valence-corrected chi connectivity index (χ4v) is 2.43. The Morgan fingerprint density at radius 1 is 1.26 bits per heavy atom. The lowest BCUT2D eigenvalue weighted by molar-refractivity contribution is -0.122. The number of aryl methyl sites for hydroxylation is 1. The lowest BCUT2D eigenvalue weighted by atomic mass is 10.1. The molecule has 1 unspecified atom stereocenters. The van der Waals surface area contributed by atoms with Gasteiger partial charge in [-0.1, -0.05) is 24.3 Å². The SMILES string of the molecule is Cc1ccccc1CNC(=O)c1ccc2c(c1)OC(C)C(=O)N2. The normalized spacial score (nSPS) is 16.1. The van der Waals surface area contributed by atoms with E-state index in [2.05, 4.69) is 10.6 Å². The molecule has 23 heavy (non-hydrogen) atoms. The molecule has 0 aromatic heterocycles. The predicted octanol–water partition coefficient (Wildman–Crippen LogP) is 2.64. The van der Waals surface area contributed by atoms with E-state index in [0.29, 0.717) is 23.5 Å². The third-order valence-electron chi connectivity index (χ3n) is 3.88. The summed E-state index contributed by atoms with van der Waals surface area (Å²) >= 11 is 0. The molecule has 0 saturated heterocycles. The van der Waals surface area contributed by atoms with E-state index >= 15 is 0 Å². The van der Waals surface area contributed by atoms with Gasteiger partial charge in [0, 0.05) is 12.1 Å². The second-order valence-electron chi connectivity index (χ2n) is 5.57. The van der Waals surface area contributed by atoms with Gasteiger partial charge in [0.1, 0.15) is 5.75 Å². The van der Waals surface area contributed by atoms with Gasteiger partial charge in [-0.05, 0) is 43.2 Å². The average Bonchev–Trinajstić information content (AvgIpc) is 2.54. The van der Waals surface area contributed by atoms with Gasteiger partial charge in [0.15, 0.2) is 6.10 Å². The highest BCUT2D eigenvalue weighted by Crippen LogP contribution is 2.30. The molecule has 1 heterocycles. The first-order valence-electron chi connectivity index (χ1n) is 7.49. The van der Waals surface area contributed by atoms with Gasteiger partial charge in [-0.3, -0.25) is 9.59 Å². The molecule has 1 aliphatic rings. The van der Waals surface area contributed by atoms with Crippen molar-refractivity contribution in [2.75, 3.05) is 5.32 Å². The monoisotopic (exact) mass is 310 g/mol. The second kappa shape index (κ2) is 6.12. The molecule has 3 rings (SSSR count). The molecular weight excluding hydrogens is 292 g/mol. The first-order chi connectivity index (χ1) is 11.0. The van der Waals surface area contributed by atoms with Crippen LogP contribution in [0.2, 0.25) is 0 Å². The number of rotatable bonds is 3. The number of hydrogen-bond acceptors (Lipinski definition) is 3. The van der Waals surface area contributed by atoms with Crippen LogP contribution in [0.25, 0.3) is 0 Å². The van der Waals surface area contributed by atoms with Crippen molar-refractivity contribution in [3.8, 4) is 5.75 Å². The van der Waals surface area contributed by atoms with Gasteiger partial charge < -0.3 is 15.4 Å². The van der Waals surface area contributed by atoms with Crippen LogP contribution in [0.3, 0.4) is 0 Å². The van der Waals surface area contributed by atoms with Crippen LogP contribution in [0.5, 0.6) is 5.75 Å². The summed E-state index contributed by atoms with van der Waals surface area (Å²) in [7, 11) is 0. The maximum absolute atomic E-state index is 12.3. The molecule has 1 atom stereocenters. The number of hydrogen-bond donors (Lipinski definition) is 2. The molecular formula is C18H18N2O3. The molecule has 0 aliphatic carbocycles. The van der Waals surface area contributed by atoms with Gasteiger partial charge in [0.05, 0.1) is 5.69 Å². The zero-order valence-corrected chi connectivity index (χ0v) is 13.1. The van der Waals surface area contributed by atoms with Crippen LogP contribution in [0.1, 0.15) is 28.4 Å². The van der Waals surface area contributed by atoms with Crippen molar-refractivity contribution < 1.29 is 14.3 Å². The predicted molar refractivity (Wildman–Crippen MR) is 87.5 cm³/mol. The van der Waals surface area contributed by atoms with Gasteiger partial charge in [-0.2, -0.15) is 0 Å². The third-order valence-corrected chi connectivity index (χ3v) is 3.88. The zero-order chi connectivity index (χ0) is 16.4. The highest BCUT2D eigenvalue weighted by Gasteiger charge is 2.24.